The van der Waals surface area contributed by atoms with Crippen molar-refractivity contribution in [1.82, 2.24) is 30.6 Å². The van der Waals surface area contributed by atoms with Crippen LogP contribution in [-0.4, -0.2) is 91.1 Å². The Morgan fingerprint density at radius 1 is 0.889 bits per heavy atom. The van der Waals surface area contributed by atoms with Crippen LogP contribution in [0.4, 0.5) is 4.79 Å². The maximum atomic E-state index is 14.5. The van der Waals surface area contributed by atoms with Crippen LogP contribution in [0.5, 0.6) is 11.5 Å². The molecule has 2 aliphatic rings. The van der Waals surface area contributed by atoms with Gasteiger partial charge >= 0.3 is 6.03 Å². The Morgan fingerprint density at radius 3 is 2.29 bits per heavy atom. The Hall–Kier alpha value is -6.52. The molecule has 330 valence electrons. The summed E-state index contributed by atoms with van der Waals surface area (Å²) in [6.07, 6.45) is -0.764. The maximum absolute atomic E-state index is 14.5. The minimum atomic E-state index is -4.26. The SMILES string of the molecule is CCCC(NC(=O)C1C[C@@H](Oc2cc(-c3ccccc3)nc3cc(OC)ccc23)CN1C(=O)N[C@H](C(=O)N[C@H]1c2ccccc2C[C@H]1O)C(C)C)C(=O)NS(=O)(=O)c1ccccc1. The van der Waals surface area contributed by atoms with Crippen molar-refractivity contribution in [3.63, 3.8) is 0 Å². The topological polar surface area (TPSA) is 205 Å². The molecule has 1 aliphatic carbocycles. The zero-order valence-electron chi connectivity index (χ0n) is 35.5. The summed E-state index contributed by atoms with van der Waals surface area (Å²) in [7, 11) is -2.70. The molecule has 1 aromatic heterocycles. The van der Waals surface area contributed by atoms with E-state index in [-0.39, 0.29) is 24.3 Å². The largest absolute Gasteiger partial charge is 0.497 e. The van der Waals surface area contributed by atoms with E-state index in [0.29, 0.717) is 40.9 Å². The first-order chi connectivity index (χ1) is 30.3. The van der Waals surface area contributed by atoms with Crippen LogP contribution in [0.2, 0.25) is 0 Å². The number of ether oxygens (including phenoxy) is 2. The number of aliphatic hydroxyl groups excluding tert-OH is 1. The van der Waals surface area contributed by atoms with E-state index < -0.39 is 76.1 Å². The number of benzene rings is 4. The van der Waals surface area contributed by atoms with Gasteiger partial charge in [0.25, 0.3) is 15.9 Å². The molecule has 0 spiro atoms. The molecule has 0 radical (unpaired) electrons. The Kier molecular flexibility index (Phi) is 13.6. The number of urea groups is 1. The highest BCUT2D eigenvalue weighted by Crippen LogP contribution is 2.35. The van der Waals surface area contributed by atoms with Crippen molar-refractivity contribution in [3.8, 4) is 22.8 Å². The lowest BCUT2D eigenvalue weighted by atomic mass is 10.0. The van der Waals surface area contributed by atoms with Crippen LogP contribution in [0.1, 0.15) is 57.2 Å². The third-order valence-corrected chi connectivity index (χ3v) is 12.8. The van der Waals surface area contributed by atoms with Gasteiger partial charge in [0.05, 0.1) is 41.9 Å². The van der Waals surface area contributed by atoms with Crippen molar-refractivity contribution in [2.45, 2.75) is 87.7 Å². The van der Waals surface area contributed by atoms with Gasteiger partial charge in [0.15, 0.2) is 0 Å². The molecule has 63 heavy (non-hydrogen) atoms. The predicted octanol–water partition coefficient (Wildman–Crippen LogP) is 5.03. The second kappa shape index (κ2) is 19.3. The molecule has 2 unspecified atom stereocenters. The molecular weight excluding hydrogens is 825 g/mol. The van der Waals surface area contributed by atoms with Gasteiger partial charge in [0.1, 0.15) is 35.7 Å². The number of aromatic nitrogens is 1. The molecule has 1 aliphatic heterocycles. The minimum Gasteiger partial charge on any atom is -0.497 e. The highest BCUT2D eigenvalue weighted by Gasteiger charge is 2.44. The standard InChI is InChI=1S/C47H52N6O9S/c1-5-14-36(44(55)52-63(59,60)33-18-10-7-11-19-33)49-45(56)39-25-32(62-41-26-37(29-15-8-6-9-16-29)48-38-24-31(61-4)21-22-35(38)41)27-53(39)47(58)51-42(28(2)3)46(57)50-43-34-20-13-12-17-30(34)23-40(43)54/h6-13,15-22,24,26,28,32,36,39-40,42-43,54H,5,14,23,25,27H2,1-4H3,(H,49,56)(H,50,57)(H,51,58)(H,52,55)/t32-,36?,39?,40-,42+,43+/m1/s1. The first-order valence-corrected chi connectivity index (χ1v) is 22.5. The van der Waals surface area contributed by atoms with Crippen LogP contribution in [-0.2, 0) is 30.8 Å². The van der Waals surface area contributed by atoms with Gasteiger partial charge in [-0.1, -0.05) is 100.0 Å². The lowest BCUT2D eigenvalue weighted by Crippen LogP contribution is -2.58. The Labute approximate surface area is 366 Å². The van der Waals surface area contributed by atoms with Crippen LogP contribution in [0.15, 0.2) is 114 Å². The van der Waals surface area contributed by atoms with Gasteiger partial charge in [0, 0.05) is 35.9 Å². The lowest BCUT2D eigenvalue weighted by Gasteiger charge is -2.30. The van der Waals surface area contributed by atoms with Gasteiger partial charge in [-0.3, -0.25) is 14.4 Å². The molecule has 5 N–H and O–H groups in total. The van der Waals surface area contributed by atoms with Crippen LogP contribution in [0, 0.1) is 5.92 Å². The third kappa shape index (κ3) is 10.1. The molecule has 5 amide bonds. The molecular formula is C47H52N6O9S. The number of hydrogen-bond donors (Lipinski definition) is 5. The van der Waals surface area contributed by atoms with E-state index in [4.69, 9.17) is 14.5 Å². The zero-order chi connectivity index (χ0) is 44.8. The summed E-state index contributed by atoms with van der Waals surface area (Å²) < 4.78 is 40.5. The number of likely N-dealkylation sites (tertiary alicyclic amines) is 1. The summed E-state index contributed by atoms with van der Waals surface area (Å²) >= 11 is 0. The minimum absolute atomic E-state index is 0.0216. The van der Waals surface area contributed by atoms with E-state index >= 15 is 0 Å². The summed E-state index contributed by atoms with van der Waals surface area (Å²) in [5.41, 5.74) is 3.75. The number of carbonyl (C=O) groups is 4. The fraction of sp³-hybridized carbons (Fsp3) is 0.340. The molecule has 4 aromatic carbocycles. The number of methoxy groups -OCH3 is 1. The number of aliphatic hydroxyl groups is 1. The summed E-state index contributed by atoms with van der Waals surface area (Å²) in [5.74, 6) is -1.55. The van der Waals surface area contributed by atoms with E-state index in [2.05, 4.69) is 20.7 Å². The highest BCUT2D eigenvalue weighted by molar-refractivity contribution is 7.90. The Morgan fingerprint density at radius 2 is 1.59 bits per heavy atom. The third-order valence-electron chi connectivity index (χ3n) is 11.4. The normalized spacial score (nSPS) is 19.2. The number of hydrogen-bond acceptors (Lipinski definition) is 10. The first kappa shape index (κ1) is 44.5. The Balaban J connectivity index is 1.17. The number of nitrogens with one attached hydrogen (secondary N) is 4. The second-order valence-corrected chi connectivity index (χ2v) is 17.8. The van der Waals surface area contributed by atoms with Gasteiger partial charge in [-0.15, -0.1) is 0 Å². The fourth-order valence-electron chi connectivity index (χ4n) is 8.12. The lowest BCUT2D eigenvalue weighted by molar-refractivity contribution is -0.130. The molecule has 6 atom stereocenters. The first-order valence-electron chi connectivity index (χ1n) is 21.0. The molecule has 7 rings (SSSR count). The molecule has 1 saturated heterocycles. The van der Waals surface area contributed by atoms with Crippen LogP contribution >= 0.6 is 0 Å². The number of fused-ring (bicyclic) bond motifs is 2. The van der Waals surface area contributed by atoms with Crippen LogP contribution in [0.25, 0.3) is 22.2 Å². The van der Waals surface area contributed by atoms with Crippen molar-refractivity contribution in [2.75, 3.05) is 13.7 Å². The van der Waals surface area contributed by atoms with Gasteiger partial charge in [-0.25, -0.2) is 22.9 Å². The van der Waals surface area contributed by atoms with Crippen LogP contribution < -0.4 is 30.1 Å². The summed E-state index contributed by atoms with van der Waals surface area (Å²) in [5, 5.41) is 20.0. The van der Waals surface area contributed by atoms with Crippen LogP contribution in [0.3, 0.4) is 0 Å². The number of pyridine rings is 1. The second-order valence-electron chi connectivity index (χ2n) is 16.2. The number of rotatable bonds is 15. The predicted molar refractivity (Wildman–Crippen MR) is 236 cm³/mol. The van der Waals surface area contributed by atoms with E-state index in [1.807, 2.05) is 60.7 Å². The van der Waals surface area contributed by atoms with Crippen molar-refractivity contribution < 1.29 is 42.2 Å². The number of sulfonamides is 1. The van der Waals surface area contributed by atoms with Gasteiger partial charge < -0.3 is 35.4 Å². The average Bonchev–Trinajstić information content (AvgIpc) is 3.85. The van der Waals surface area contributed by atoms with E-state index in [0.717, 1.165) is 16.7 Å². The van der Waals surface area contributed by atoms with E-state index in [1.165, 1.54) is 29.2 Å². The molecule has 2 heterocycles. The van der Waals surface area contributed by atoms with Crippen molar-refractivity contribution in [1.29, 1.82) is 0 Å². The smallest absolute Gasteiger partial charge is 0.318 e. The van der Waals surface area contributed by atoms with Gasteiger partial charge in [-0.2, -0.15) is 0 Å². The summed E-state index contributed by atoms with van der Waals surface area (Å²) in [4.78, 5) is 62.4. The number of nitrogens with zero attached hydrogens (tertiary/aromatic N) is 2. The summed E-state index contributed by atoms with van der Waals surface area (Å²) in [6, 6.07) is 26.6. The maximum Gasteiger partial charge on any atom is 0.318 e. The fourth-order valence-corrected chi connectivity index (χ4v) is 9.16. The molecule has 1 fully saturated rings. The number of carbonyl (C=O) groups excluding carboxylic acids is 4. The molecule has 0 saturated carbocycles. The average molecular weight is 877 g/mol. The van der Waals surface area contributed by atoms with Crippen molar-refractivity contribution >= 4 is 44.7 Å². The van der Waals surface area contributed by atoms with Crippen molar-refractivity contribution in [2.24, 2.45) is 5.92 Å². The summed E-state index contributed by atoms with van der Waals surface area (Å²) in [6.45, 7) is 5.23. The highest BCUT2D eigenvalue weighted by atomic mass is 32.2. The monoisotopic (exact) mass is 876 g/mol. The molecule has 0 bridgehead atoms. The van der Waals surface area contributed by atoms with Gasteiger partial charge in [0.2, 0.25) is 11.8 Å². The number of amides is 5. The Bertz CT molecular complexity index is 2580. The molecule has 16 heteroatoms. The zero-order valence-corrected chi connectivity index (χ0v) is 36.3. The van der Waals surface area contributed by atoms with E-state index in [1.54, 1.807) is 52.1 Å². The van der Waals surface area contributed by atoms with Crippen molar-refractivity contribution in [3.05, 3.63) is 120 Å². The van der Waals surface area contributed by atoms with E-state index in [9.17, 15) is 32.7 Å². The molecule has 5 aromatic rings. The quantitative estimate of drug-likeness (QED) is 0.0949. The molecule has 15 nitrogen and oxygen atoms in total. The van der Waals surface area contributed by atoms with Gasteiger partial charge in [-0.05, 0) is 47.7 Å².